The fourth-order valence-electron chi connectivity index (χ4n) is 1.93. The van der Waals surface area contributed by atoms with Crippen molar-refractivity contribution in [2.75, 3.05) is 13.1 Å². The van der Waals surface area contributed by atoms with Crippen molar-refractivity contribution >= 4 is 17.5 Å². The van der Waals surface area contributed by atoms with Gasteiger partial charge in [0.05, 0.1) is 10.6 Å². The highest BCUT2D eigenvalue weighted by molar-refractivity contribution is 6.31. The lowest BCUT2D eigenvalue weighted by Gasteiger charge is -2.19. The van der Waals surface area contributed by atoms with Crippen LogP contribution in [0.1, 0.15) is 23.7 Å². The van der Waals surface area contributed by atoms with Gasteiger partial charge in [-0.15, -0.1) is 0 Å². The smallest absolute Gasteiger partial charge is 0.254 e. The van der Waals surface area contributed by atoms with E-state index in [0.29, 0.717) is 25.1 Å². The number of amides is 1. The molecule has 5 heteroatoms. The highest BCUT2D eigenvalue weighted by atomic mass is 35.5. The van der Waals surface area contributed by atoms with Crippen molar-refractivity contribution in [2.24, 2.45) is 0 Å². The highest BCUT2D eigenvalue weighted by Gasteiger charge is 2.34. The maximum atomic E-state index is 13.0. The van der Waals surface area contributed by atoms with E-state index in [1.807, 2.05) is 0 Å². The van der Waals surface area contributed by atoms with Crippen molar-refractivity contribution in [3.63, 3.8) is 0 Å². The lowest BCUT2D eigenvalue weighted by molar-refractivity contribution is 0.0572. The highest BCUT2D eigenvalue weighted by Crippen LogP contribution is 2.23. The van der Waals surface area contributed by atoms with Crippen LogP contribution in [0.5, 0.6) is 0 Å². The van der Waals surface area contributed by atoms with E-state index in [1.165, 1.54) is 18.2 Å². The van der Waals surface area contributed by atoms with Gasteiger partial charge in [-0.1, -0.05) is 11.6 Å². The molecule has 1 aliphatic heterocycles. The molecule has 1 saturated heterocycles. The van der Waals surface area contributed by atoms with Crippen LogP contribution in [0.4, 0.5) is 4.39 Å². The SMILES string of the molecule is CC1(O)CCN(C(=O)c2ccc(F)c(Cl)c2)C1. The van der Waals surface area contributed by atoms with E-state index in [1.54, 1.807) is 11.8 Å². The lowest BCUT2D eigenvalue weighted by Crippen LogP contribution is -2.33. The molecule has 1 N–H and O–H groups in total. The molecule has 0 aromatic heterocycles. The minimum absolute atomic E-state index is 0.0678. The summed E-state index contributed by atoms with van der Waals surface area (Å²) in [4.78, 5) is 13.6. The van der Waals surface area contributed by atoms with E-state index in [0.717, 1.165) is 0 Å². The Morgan fingerprint density at radius 1 is 1.59 bits per heavy atom. The molecule has 1 amide bonds. The number of carbonyl (C=O) groups excluding carboxylic acids is 1. The average Bonchev–Trinajstić information content (AvgIpc) is 2.62. The standard InChI is InChI=1S/C12H13ClFNO2/c1-12(17)4-5-15(7-12)11(16)8-2-3-10(14)9(13)6-8/h2-3,6,17H,4-5,7H2,1H3. The molecule has 0 aliphatic carbocycles. The van der Waals surface area contributed by atoms with Gasteiger partial charge in [-0.2, -0.15) is 0 Å². The van der Waals surface area contributed by atoms with Gasteiger partial charge in [0, 0.05) is 18.7 Å². The first kappa shape index (κ1) is 12.3. The molecule has 1 aromatic carbocycles. The van der Waals surface area contributed by atoms with Gasteiger partial charge < -0.3 is 10.0 Å². The number of halogens is 2. The van der Waals surface area contributed by atoms with Gasteiger partial charge in [0.25, 0.3) is 5.91 Å². The quantitative estimate of drug-likeness (QED) is 0.837. The van der Waals surface area contributed by atoms with Gasteiger partial charge in [-0.25, -0.2) is 4.39 Å². The minimum Gasteiger partial charge on any atom is -0.388 e. The summed E-state index contributed by atoms with van der Waals surface area (Å²) in [5, 5.41) is 9.71. The molecule has 1 heterocycles. The Morgan fingerprint density at radius 2 is 2.29 bits per heavy atom. The minimum atomic E-state index is -0.834. The Hall–Kier alpha value is -1.13. The summed E-state index contributed by atoms with van der Waals surface area (Å²) in [6.07, 6.45) is 0.549. The zero-order valence-electron chi connectivity index (χ0n) is 9.41. The molecule has 1 fully saturated rings. The zero-order chi connectivity index (χ0) is 12.6. The van der Waals surface area contributed by atoms with Crippen molar-refractivity contribution in [2.45, 2.75) is 18.9 Å². The first-order chi connectivity index (χ1) is 7.89. The van der Waals surface area contributed by atoms with E-state index < -0.39 is 11.4 Å². The van der Waals surface area contributed by atoms with Crippen molar-refractivity contribution in [3.05, 3.63) is 34.6 Å². The van der Waals surface area contributed by atoms with Crippen molar-refractivity contribution < 1.29 is 14.3 Å². The zero-order valence-corrected chi connectivity index (χ0v) is 10.2. The number of aliphatic hydroxyl groups is 1. The molecule has 1 atom stereocenters. The van der Waals surface area contributed by atoms with Crippen LogP contribution in [0, 0.1) is 5.82 Å². The molecule has 0 bridgehead atoms. The maximum absolute atomic E-state index is 13.0. The van der Waals surface area contributed by atoms with Crippen LogP contribution in [0.2, 0.25) is 5.02 Å². The summed E-state index contributed by atoms with van der Waals surface area (Å²) in [7, 11) is 0. The maximum Gasteiger partial charge on any atom is 0.254 e. The Morgan fingerprint density at radius 3 is 2.82 bits per heavy atom. The first-order valence-electron chi connectivity index (χ1n) is 5.36. The number of rotatable bonds is 1. The predicted octanol–water partition coefficient (Wildman–Crippen LogP) is 2.08. The summed E-state index contributed by atoms with van der Waals surface area (Å²) in [6.45, 7) is 2.49. The fraction of sp³-hybridized carbons (Fsp3) is 0.417. The summed E-state index contributed by atoms with van der Waals surface area (Å²) < 4.78 is 13.0. The van der Waals surface area contributed by atoms with Crippen molar-refractivity contribution in [1.29, 1.82) is 0 Å². The van der Waals surface area contributed by atoms with Gasteiger partial charge in [-0.3, -0.25) is 4.79 Å². The number of benzene rings is 1. The molecular formula is C12H13ClFNO2. The normalized spacial score (nSPS) is 24.1. The number of likely N-dealkylation sites (tertiary alicyclic amines) is 1. The number of carbonyl (C=O) groups is 1. The third kappa shape index (κ3) is 2.58. The number of hydrogen-bond donors (Lipinski definition) is 1. The van der Waals surface area contributed by atoms with Crippen LogP contribution < -0.4 is 0 Å². The van der Waals surface area contributed by atoms with Gasteiger partial charge in [0.2, 0.25) is 0 Å². The number of hydrogen-bond acceptors (Lipinski definition) is 2. The Kier molecular flexibility index (Phi) is 3.10. The lowest BCUT2D eigenvalue weighted by atomic mass is 10.1. The van der Waals surface area contributed by atoms with Gasteiger partial charge in [0.1, 0.15) is 5.82 Å². The summed E-state index contributed by atoms with van der Waals surface area (Å²) in [5.41, 5.74) is -0.492. The second-order valence-corrected chi connectivity index (χ2v) is 5.01. The Balaban J connectivity index is 2.18. The van der Waals surface area contributed by atoms with Crippen molar-refractivity contribution in [3.8, 4) is 0 Å². The van der Waals surface area contributed by atoms with Crippen LogP contribution in [-0.4, -0.2) is 34.6 Å². The topological polar surface area (TPSA) is 40.5 Å². The monoisotopic (exact) mass is 257 g/mol. The predicted molar refractivity (Wildman–Crippen MR) is 62.6 cm³/mol. The molecule has 0 saturated carbocycles. The third-order valence-corrected chi connectivity index (χ3v) is 3.20. The Bertz CT molecular complexity index is 462. The second kappa shape index (κ2) is 4.27. The molecule has 1 aliphatic rings. The summed E-state index contributed by atoms with van der Waals surface area (Å²) >= 11 is 5.63. The Labute approximate surface area is 104 Å². The van der Waals surface area contributed by atoms with Crippen LogP contribution >= 0.6 is 11.6 Å². The van der Waals surface area contributed by atoms with E-state index in [4.69, 9.17) is 11.6 Å². The summed E-state index contributed by atoms with van der Waals surface area (Å²) in [5.74, 6) is -0.777. The van der Waals surface area contributed by atoms with E-state index in [-0.39, 0.29) is 10.9 Å². The largest absolute Gasteiger partial charge is 0.388 e. The summed E-state index contributed by atoms with van der Waals surface area (Å²) in [6, 6.07) is 3.88. The van der Waals surface area contributed by atoms with Gasteiger partial charge >= 0.3 is 0 Å². The number of nitrogens with zero attached hydrogens (tertiary/aromatic N) is 1. The van der Waals surface area contributed by atoms with E-state index in [2.05, 4.69) is 0 Å². The molecule has 1 unspecified atom stereocenters. The van der Waals surface area contributed by atoms with Crippen LogP contribution in [-0.2, 0) is 0 Å². The molecule has 1 aromatic rings. The molecule has 2 rings (SSSR count). The third-order valence-electron chi connectivity index (χ3n) is 2.91. The molecule has 92 valence electrons. The molecule has 17 heavy (non-hydrogen) atoms. The fourth-order valence-corrected chi connectivity index (χ4v) is 2.11. The first-order valence-corrected chi connectivity index (χ1v) is 5.73. The molecule has 3 nitrogen and oxygen atoms in total. The van der Waals surface area contributed by atoms with Gasteiger partial charge in [0.15, 0.2) is 0 Å². The van der Waals surface area contributed by atoms with Crippen molar-refractivity contribution in [1.82, 2.24) is 4.90 Å². The van der Waals surface area contributed by atoms with Crippen LogP contribution in [0.3, 0.4) is 0 Å². The van der Waals surface area contributed by atoms with Crippen LogP contribution in [0.15, 0.2) is 18.2 Å². The number of β-amino-alcohol motifs (C(OH)–C–C–N with tert-alkyl or cyclic N) is 1. The van der Waals surface area contributed by atoms with Gasteiger partial charge in [-0.05, 0) is 31.5 Å². The van der Waals surface area contributed by atoms with E-state index >= 15 is 0 Å². The van der Waals surface area contributed by atoms with Crippen LogP contribution in [0.25, 0.3) is 0 Å². The second-order valence-electron chi connectivity index (χ2n) is 4.60. The average molecular weight is 258 g/mol. The molecular weight excluding hydrogens is 245 g/mol. The molecule has 0 radical (unpaired) electrons. The molecule has 0 spiro atoms. The van der Waals surface area contributed by atoms with E-state index in [9.17, 15) is 14.3 Å².